The van der Waals surface area contributed by atoms with Gasteiger partial charge in [-0.05, 0) is 24.3 Å². The molecule has 1 fully saturated rings. The fourth-order valence-corrected chi connectivity index (χ4v) is 3.22. The van der Waals surface area contributed by atoms with E-state index in [1.165, 1.54) is 0 Å². The van der Waals surface area contributed by atoms with Gasteiger partial charge in [0.1, 0.15) is 11.3 Å². The summed E-state index contributed by atoms with van der Waals surface area (Å²) in [5.74, 6) is 1.33. The van der Waals surface area contributed by atoms with E-state index in [4.69, 9.17) is 4.74 Å². The summed E-state index contributed by atoms with van der Waals surface area (Å²) in [6, 6.07) is 7.38. The molecule has 1 aliphatic heterocycles. The van der Waals surface area contributed by atoms with Gasteiger partial charge in [0.2, 0.25) is 0 Å². The zero-order valence-corrected chi connectivity index (χ0v) is 10.4. The van der Waals surface area contributed by atoms with Crippen LogP contribution in [-0.2, 0) is 4.79 Å². The average Bonchev–Trinajstić information content (AvgIpc) is 2.80. The summed E-state index contributed by atoms with van der Waals surface area (Å²) in [4.78, 5) is 11.4. The lowest BCUT2D eigenvalue weighted by atomic mass is 9.98. The van der Waals surface area contributed by atoms with Crippen molar-refractivity contribution in [3.05, 3.63) is 24.3 Å². The molecule has 1 atom stereocenters. The second-order valence-corrected chi connectivity index (χ2v) is 5.12. The number of methoxy groups -OCH3 is 1. The molecule has 1 saturated heterocycles. The Balaban J connectivity index is 2.26. The number of anilines is 1. The maximum absolute atomic E-state index is 11.4. The number of nitrogens with one attached hydrogen (secondary N) is 1. The number of para-hydroxylation sites is 2. The minimum atomic E-state index is -0.862. The second-order valence-electron chi connectivity index (χ2n) is 4.02. The third kappa shape index (κ3) is 2.34. The first kappa shape index (κ1) is 12.1. The number of hydrogen-bond donors (Lipinski definition) is 2. The molecule has 1 unspecified atom stereocenters. The van der Waals surface area contributed by atoms with Crippen molar-refractivity contribution in [2.75, 3.05) is 23.9 Å². The van der Waals surface area contributed by atoms with E-state index in [2.05, 4.69) is 5.32 Å². The van der Waals surface area contributed by atoms with Crippen molar-refractivity contribution in [2.24, 2.45) is 0 Å². The first-order valence-electron chi connectivity index (χ1n) is 5.40. The van der Waals surface area contributed by atoms with Crippen molar-refractivity contribution in [2.45, 2.75) is 12.0 Å². The van der Waals surface area contributed by atoms with Crippen LogP contribution in [0, 0.1) is 0 Å². The number of carboxylic acid groups (broad SMARTS) is 1. The first-order chi connectivity index (χ1) is 8.18. The molecule has 1 aromatic carbocycles. The van der Waals surface area contributed by atoms with Gasteiger partial charge in [-0.2, -0.15) is 11.8 Å². The van der Waals surface area contributed by atoms with Gasteiger partial charge in [-0.25, -0.2) is 4.79 Å². The van der Waals surface area contributed by atoms with Gasteiger partial charge in [0, 0.05) is 5.75 Å². The minimum Gasteiger partial charge on any atom is -0.495 e. The average molecular weight is 253 g/mol. The monoisotopic (exact) mass is 253 g/mol. The molecular formula is C12H15NO3S. The fourth-order valence-electron chi connectivity index (χ4n) is 1.89. The van der Waals surface area contributed by atoms with E-state index in [-0.39, 0.29) is 0 Å². The standard InChI is InChI=1S/C12H15NO3S/c1-16-10-5-3-2-4-9(10)13-12(11(14)15)6-7-17-8-12/h2-5,13H,6-8H2,1H3,(H,14,15). The van der Waals surface area contributed by atoms with Crippen molar-refractivity contribution in [1.29, 1.82) is 0 Å². The van der Waals surface area contributed by atoms with Crippen LogP contribution in [-0.4, -0.2) is 35.2 Å². The summed E-state index contributed by atoms with van der Waals surface area (Å²) in [5.41, 5.74) is -0.126. The number of aliphatic carboxylic acids is 1. The Kier molecular flexibility index (Phi) is 3.47. The lowest BCUT2D eigenvalue weighted by molar-refractivity contribution is -0.141. The molecule has 0 amide bonds. The highest BCUT2D eigenvalue weighted by molar-refractivity contribution is 7.99. The number of benzene rings is 1. The van der Waals surface area contributed by atoms with E-state index < -0.39 is 11.5 Å². The van der Waals surface area contributed by atoms with E-state index in [0.717, 1.165) is 11.4 Å². The molecule has 92 valence electrons. The number of carbonyl (C=O) groups is 1. The predicted molar refractivity (Wildman–Crippen MR) is 68.9 cm³/mol. The molecule has 0 saturated carbocycles. The summed E-state index contributed by atoms with van der Waals surface area (Å²) in [6.45, 7) is 0. The normalized spacial score (nSPS) is 23.4. The molecule has 0 aromatic heterocycles. The van der Waals surface area contributed by atoms with Crippen molar-refractivity contribution >= 4 is 23.4 Å². The maximum Gasteiger partial charge on any atom is 0.330 e. The van der Waals surface area contributed by atoms with Gasteiger partial charge in [-0.3, -0.25) is 0 Å². The zero-order valence-electron chi connectivity index (χ0n) is 9.60. The van der Waals surface area contributed by atoms with Gasteiger partial charge >= 0.3 is 5.97 Å². The third-order valence-corrected chi connectivity index (χ3v) is 4.10. The van der Waals surface area contributed by atoms with E-state index in [0.29, 0.717) is 17.9 Å². The van der Waals surface area contributed by atoms with Crippen molar-refractivity contribution in [1.82, 2.24) is 0 Å². The quantitative estimate of drug-likeness (QED) is 0.860. The van der Waals surface area contributed by atoms with E-state index in [1.807, 2.05) is 24.3 Å². The molecule has 0 radical (unpaired) electrons. The Morgan fingerprint density at radius 3 is 2.88 bits per heavy atom. The zero-order chi connectivity index (χ0) is 12.3. The highest BCUT2D eigenvalue weighted by atomic mass is 32.2. The van der Waals surface area contributed by atoms with Crippen molar-refractivity contribution < 1.29 is 14.6 Å². The molecule has 0 aliphatic carbocycles. The van der Waals surface area contributed by atoms with E-state index >= 15 is 0 Å². The number of ether oxygens (including phenoxy) is 1. The smallest absolute Gasteiger partial charge is 0.330 e. The van der Waals surface area contributed by atoms with Crippen molar-refractivity contribution in [3.63, 3.8) is 0 Å². The van der Waals surface area contributed by atoms with Gasteiger partial charge in [-0.15, -0.1) is 0 Å². The Bertz CT molecular complexity index is 416. The second kappa shape index (κ2) is 4.87. The van der Waals surface area contributed by atoms with Crippen LogP contribution in [0.4, 0.5) is 5.69 Å². The van der Waals surface area contributed by atoms with Crippen LogP contribution in [0.1, 0.15) is 6.42 Å². The number of thioether (sulfide) groups is 1. The lowest BCUT2D eigenvalue weighted by Gasteiger charge is -2.26. The van der Waals surface area contributed by atoms with Crippen LogP contribution >= 0.6 is 11.8 Å². The van der Waals surface area contributed by atoms with E-state index in [9.17, 15) is 9.90 Å². The van der Waals surface area contributed by atoms with Crippen LogP contribution in [0.15, 0.2) is 24.3 Å². The first-order valence-corrected chi connectivity index (χ1v) is 6.56. The fraction of sp³-hybridized carbons (Fsp3) is 0.417. The lowest BCUT2D eigenvalue weighted by Crippen LogP contribution is -2.46. The van der Waals surface area contributed by atoms with E-state index in [1.54, 1.807) is 18.9 Å². The topological polar surface area (TPSA) is 58.6 Å². The molecule has 1 heterocycles. The molecule has 17 heavy (non-hydrogen) atoms. The van der Waals surface area contributed by atoms with Crippen LogP contribution in [0.25, 0.3) is 0 Å². The largest absolute Gasteiger partial charge is 0.495 e. The molecule has 5 heteroatoms. The summed E-state index contributed by atoms with van der Waals surface area (Å²) in [7, 11) is 1.58. The van der Waals surface area contributed by atoms with Crippen LogP contribution in [0.2, 0.25) is 0 Å². The predicted octanol–water partition coefficient (Wildman–Crippen LogP) is 2.07. The number of carboxylic acids is 1. The van der Waals surface area contributed by atoms with Crippen LogP contribution in [0.3, 0.4) is 0 Å². The maximum atomic E-state index is 11.4. The summed E-state index contributed by atoms with van der Waals surface area (Å²) in [5, 5.41) is 12.5. The number of rotatable bonds is 4. The highest BCUT2D eigenvalue weighted by Crippen LogP contribution is 2.34. The molecule has 1 aliphatic rings. The highest BCUT2D eigenvalue weighted by Gasteiger charge is 2.42. The SMILES string of the molecule is COc1ccccc1NC1(C(=O)O)CCSC1. The third-order valence-electron chi connectivity index (χ3n) is 2.91. The van der Waals surface area contributed by atoms with Crippen LogP contribution < -0.4 is 10.1 Å². The Hall–Kier alpha value is -1.36. The van der Waals surface area contributed by atoms with Gasteiger partial charge in [-0.1, -0.05) is 12.1 Å². The van der Waals surface area contributed by atoms with Gasteiger partial charge in [0.25, 0.3) is 0 Å². The number of hydrogen-bond acceptors (Lipinski definition) is 4. The summed E-state index contributed by atoms with van der Waals surface area (Å²) >= 11 is 1.66. The minimum absolute atomic E-state index is 0.584. The molecule has 0 bridgehead atoms. The van der Waals surface area contributed by atoms with Crippen LogP contribution in [0.5, 0.6) is 5.75 Å². The molecule has 1 aromatic rings. The molecule has 2 rings (SSSR count). The summed E-state index contributed by atoms with van der Waals surface area (Å²) in [6.07, 6.45) is 0.630. The summed E-state index contributed by atoms with van der Waals surface area (Å²) < 4.78 is 5.22. The molecule has 0 spiro atoms. The van der Waals surface area contributed by atoms with Gasteiger partial charge in [0.15, 0.2) is 0 Å². The van der Waals surface area contributed by atoms with Gasteiger partial charge < -0.3 is 15.2 Å². The Morgan fingerprint density at radius 2 is 2.29 bits per heavy atom. The molecule has 4 nitrogen and oxygen atoms in total. The van der Waals surface area contributed by atoms with Crippen molar-refractivity contribution in [3.8, 4) is 5.75 Å². The molecule has 2 N–H and O–H groups in total. The van der Waals surface area contributed by atoms with Gasteiger partial charge in [0.05, 0.1) is 12.8 Å². The Morgan fingerprint density at radius 1 is 1.53 bits per heavy atom. The Labute approximate surface area is 104 Å². The molecular weight excluding hydrogens is 238 g/mol.